The first-order valence-corrected chi connectivity index (χ1v) is 8.37. The number of aromatic nitrogens is 2. The Morgan fingerprint density at radius 2 is 1.68 bits per heavy atom. The molecular formula is C20H18F3N3O2. The number of nitrogens with zero attached hydrogens (tertiary/aromatic N) is 3. The standard InChI is InChI=1S/C20H18F3N3O2/c1-26(15-8-10-16(27-2)11-9-15)18-17(20(21,22)23)12-24-19(25-18)28-13-14-6-4-3-5-7-14/h3-12H,13H2,1-2H3. The van der Waals surface area contributed by atoms with Crippen molar-refractivity contribution in [3.63, 3.8) is 0 Å². The van der Waals surface area contributed by atoms with Crippen molar-refractivity contribution in [2.75, 3.05) is 19.1 Å². The number of benzene rings is 2. The van der Waals surface area contributed by atoms with E-state index in [-0.39, 0.29) is 18.4 Å². The largest absolute Gasteiger partial charge is 0.497 e. The van der Waals surface area contributed by atoms with Gasteiger partial charge in [-0.05, 0) is 29.8 Å². The van der Waals surface area contributed by atoms with Crippen LogP contribution in [0.3, 0.4) is 0 Å². The molecule has 28 heavy (non-hydrogen) atoms. The van der Waals surface area contributed by atoms with E-state index in [1.807, 2.05) is 30.3 Å². The van der Waals surface area contributed by atoms with Crippen LogP contribution in [0.5, 0.6) is 11.8 Å². The molecule has 0 saturated carbocycles. The fourth-order valence-corrected chi connectivity index (χ4v) is 2.53. The van der Waals surface area contributed by atoms with E-state index in [0.29, 0.717) is 11.4 Å². The van der Waals surface area contributed by atoms with Gasteiger partial charge in [-0.25, -0.2) is 4.98 Å². The highest BCUT2D eigenvalue weighted by molar-refractivity contribution is 5.63. The fourth-order valence-electron chi connectivity index (χ4n) is 2.53. The first kappa shape index (κ1) is 19.5. The zero-order valence-corrected chi connectivity index (χ0v) is 15.3. The van der Waals surface area contributed by atoms with Gasteiger partial charge in [0.15, 0.2) is 5.82 Å². The monoisotopic (exact) mass is 389 g/mol. The third-order valence-corrected chi connectivity index (χ3v) is 4.04. The normalized spacial score (nSPS) is 11.2. The molecule has 3 rings (SSSR count). The summed E-state index contributed by atoms with van der Waals surface area (Å²) in [5.74, 6) is 0.304. The Kier molecular flexibility index (Phi) is 5.67. The van der Waals surface area contributed by atoms with Crippen LogP contribution < -0.4 is 14.4 Å². The molecule has 1 heterocycles. The highest BCUT2D eigenvalue weighted by Crippen LogP contribution is 2.38. The molecule has 0 aliphatic carbocycles. The maximum atomic E-state index is 13.5. The molecule has 0 amide bonds. The van der Waals surface area contributed by atoms with E-state index in [9.17, 15) is 13.2 Å². The third-order valence-electron chi connectivity index (χ3n) is 4.04. The Morgan fingerprint density at radius 1 is 1.00 bits per heavy atom. The summed E-state index contributed by atoms with van der Waals surface area (Å²) in [6, 6.07) is 15.7. The van der Waals surface area contributed by atoms with Crippen LogP contribution in [0.4, 0.5) is 24.7 Å². The SMILES string of the molecule is COc1ccc(N(C)c2nc(OCc3ccccc3)ncc2C(F)(F)F)cc1. The molecule has 0 saturated heterocycles. The van der Waals surface area contributed by atoms with Crippen molar-refractivity contribution in [1.29, 1.82) is 0 Å². The van der Waals surface area contributed by atoms with Crippen molar-refractivity contribution in [3.8, 4) is 11.8 Å². The average molecular weight is 389 g/mol. The molecule has 2 aromatic carbocycles. The Morgan fingerprint density at radius 3 is 2.29 bits per heavy atom. The Bertz CT molecular complexity index is 916. The molecule has 0 N–H and O–H groups in total. The van der Waals surface area contributed by atoms with E-state index < -0.39 is 11.7 Å². The highest BCUT2D eigenvalue weighted by atomic mass is 19.4. The molecule has 0 bridgehead atoms. The summed E-state index contributed by atoms with van der Waals surface area (Å²) in [5.41, 5.74) is 0.424. The Hall–Kier alpha value is -3.29. The van der Waals surface area contributed by atoms with E-state index in [1.165, 1.54) is 19.1 Å². The van der Waals surface area contributed by atoms with Gasteiger partial charge in [0.1, 0.15) is 17.9 Å². The molecule has 0 atom stereocenters. The first-order chi connectivity index (χ1) is 13.4. The summed E-state index contributed by atoms with van der Waals surface area (Å²) in [6.45, 7) is 0.151. The van der Waals surface area contributed by atoms with Crippen molar-refractivity contribution in [3.05, 3.63) is 71.9 Å². The van der Waals surface area contributed by atoms with Gasteiger partial charge >= 0.3 is 12.2 Å². The van der Waals surface area contributed by atoms with Crippen molar-refractivity contribution in [2.45, 2.75) is 12.8 Å². The van der Waals surface area contributed by atoms with Gasteiger partial charge in [0, 0.05) is 18.9 Å². The summed E-state index contributed by atoms with van der Waals surface area (Å²) in [5, 5.41) is 0. The maximum Gasteiger partial charge on any atom is 0.421 e. The predicted molar refractivity (Wildman–Crippen MR) is 98.9 cm³/mol. The minimum atomic E-state index is -4.60. The number of ether oxygens (including phenoxy) is 2. The minimum absolute atomic E-state index is 0.132. The minimum Gasteiger partial charge on any atom is -0.497 e. The van der Waals surface area contributed by atoms with Crippen LogP contribution in [0, 0.1) is 0 Å². The number of rotatable bonds is 6. The number of anilines is 2. The zero-order valence-electron chi connectivity index (χ0n) is 15.3. The number of hydrogen-bond acceptors (Lipinski definition) is 5. The van der Waals surface area contributed by atoms with Crippen LogP contribution in [0.25, 0.3) is 0 Å². The lowest BCUT2D eigenvalue weighted by Gasteiger charge is -2.22. The molecule has 5 nitrogen and oxygen atoms in total. The van der Waals surface area contributed by atoms with E-state index in [1.54, 1.807) is 24.3 Å². The Balaban J connectivity index is 1.91. The molecule has 1 aromatic heterocycles. The second-order valence-corrected chi connectivity index (χ2v) is 5.92. The van der Waals surface area contributed by atoms with Crippen molar-refractivity contribution < 1.29 is 22.6 Å². The molecule has 3 aromatic rings. The number of alkyl halides is 3. The maximum absolute atomic E-state index is 13.5. The molecule has 0 fully saturated rings. The van der Waals surface area contributed by atoms with Gasteiger partial charge in [0.2, 0.25) is 0 Å². The van der Waals surface area contributed by atoms with Gasteiger partial charge in [-0.3, -0.25) is 0 Å². The molecule has 146 valence electrons. The molecule has 0 radical (unpaired) electrons. The molecule has 0 aliphatic rings. The molecule has 0 spiro atoms. The molecular weight excluding hydrogens is 371 g/mol. The van der Waals surface area contributed by atoms with Crippen molar-refractivity contribution >= 4 is 11.5 Å². The first-order valence-electron chi connectivity index (χ1n) is 8.37. The van der Waals surface area contributed by atoms with E-state index in [2.05, 4.69) is 9.97 Å². The van der Waals surface area contributed by atoms with Crippen LogP contribution in [0.2, 0.25) is 0 Å². The molecule has 0 unspecified atom stereocenters. The smallest absolute Gasteiger partial charge is 0.421 e. The van der Waals surface area contributed by atoms with Crippen LogP contribution in [-0.4, -0.2) is 24.1 Å². The quantitative estimate of drug-likeness (QED) is 0.603. The summed E-state index contributed by atoms with van der Waals surface area (Å²) in [6.07, 6.45) is -3.86. The van der Waals surface area contributed by atoms with Gasteiger partial charge in [0.05, 0.1) is 7.11 Å². The summed E-state index contributed by atoms with van der Waals surface area (Å²) in [7, 11) is 3.02. The summed E-state index contributed by atoms with van der Waals surface area (Å²) in [4.78, 5) is 9.07. The van der Waals surface area contributed by atoms with Gasteiger partial charge in [0.25, 0.3) is 0 Å². The van der Waals surface area contributed by atoms with Crippen LogP contribution >= 0.6 is 0 Å². The zero-order chi connectivity index (χ0) is 20.1. The summed E-state index contributed by atoms with van der Waals surface area (Å²) >= 11 is 0. The lowest BCUT2D eigenvalue weighted by atomic mass is 10.2. The van der Waals surface area contributed by atoms with Crippen LogP contribution in [0.15, 0.2) is 60.8 Å². The van der Waals surface area contributed by atoms with Crippen LogP contribution in [0.1, 0.15) is 11.1 Å². The van der Waals surface area contributed by atoms with Crippen LogP contribution in [-0.2, 0) is 12.8 Å². The van der Waals surface area contributed by atoms with Gasteiger partial charge in [-0.15, -0.1) is 0 Å². The van der Waals surface area contributed by atoms with E-state index in [4.69, 9.17) is 9.47 Å². The van der Waals surface area contributed by atoms with E-state index >= 15 is 0 Å². The number of methoxy groups -OCH3 is 1. The average Bonchev–Trinajstić information content (AvgIpc) is 2.71. The lowest BCUT2D eigenvalue weighted by molar-refractivity contribution is -0.137. The number of halogens is 3. The molecule has 8 heteroatoms. The second-order valence-electron chi connectivity index (χ2n) is 5.92. The van der Waals surface area contributed by atoms with Gasteiger partial charge < -0.3 is 14.4 Å². The van der Waals surface area contributed by atoms with Gasteiger partial charge in [-0.1, -0.05) is 30.3 Å². The highest BCUT2D eigenvalue weighted by Gasteiger charge is 2.36. The molecule has 0 aliphatic heterocycles. The summed E-state index contributed by atoms with van der Waals surface area (Å²) < 4.78 is 50.9. The lowest BCUT2D eigenvalue weighted by Crippen LogP contribution is -2.19. The topological polar surface area (TPSA) is 47.5 Å². The van der Waals surface area contributed by atoms with Gasteiger partial charge in [-0.2, -0.15) is 18.2 Å². The Labute approximate surface area is 160 Å². The van der Waals surface area contributed by atoms with Crippen molar-refractivity contribution in [2.24, 2.45) is 0 Å². The van der Waals surface area contributed by atoms with Crippen molar-refractivity contribution in [1.82, 2.24) is 9.97 Å². The third kappa shape index (κ3) is 4.51. The number of hydrogen-bond donors (Lipinski definition) is 0. The predicted octanol–water partition coefficient (Wildman–Crippen LogP) is 4.85. The fraction of sp³-hybridized carbons (Fsp3) is 0.200. The van der Waals surface area contributed by atoms with E-state index in [0.717, 1.165) is 11.8 Å². The second kappa shape index (κ2) is 8.16.